The van der Waals surface area contributed by atoms with Gasteiger partial charge in [-0.25, -0.2) is 4.39 Å². The molecule has 0 aliphatic heterocycles. The van der Waals surface area contributed by atoms with Gasteiger partial charge in [0.2, 0.25) is 0 Å². The van der Waals surface area contributed by atoms with E-state index in [0.717, 1.165) is 19.3 Å². The van der Waals surface area contributed by atoms with Crippen LogP contribution in [0.3, 0.4) is 0 Å². The quantitative estimate of drug-likeness (QED) is 0.762. The summed E-state index contributed by atoms with van der Waals surface area (Å²) < 4.78 is 18.3. The molecular weight excluding hydrogens is 253 g/mol. The van der Waals surface area contributed by atoms with Gasteiger partial charge >= 0.3 is 0 Å². The van der Waals surface area contributed by atoms with Gasteiger partial charge in [0.15, 0.2) is 0 Å². The fraction of sp³-hybridized carbons (Fsp3) is 0.571. The molecule has 0 radical (unpaired) electrons. The Morgan fingerprint density at radius 1 is 1.33 bits per heavy atom. The van der Waals surface area contributed by atoms with Gasteiger partial charge in [-0.3, -0.25) is 0 Å². The van der Waals surface area contributed by atoms with Crippen LogP contribution in [-0.2, 0) is 0 Å². The van der Waals surface area contributed by atoms with Gasteiger partial charge in [-0.05, 0) is 49.4 Å². The number of benzene rings is 1. The second-order valence-corrected chi connectivity index (χ2v) is 5.66. The molecule has 102 valence electrons. The topological polar surface area (TPSA) is 35.2 Å². The summed E-state index contributed by atoms with van der Waals surface area (Å²) in [6, 6.07) is 4.16. The zero-order chi connectivity index (χ0) is 13.6. The van der Waals surface area contributed by atoms with Crippen LogP contribution >= 0.6 is 11.6 Å². The van der Waals surface area contributed by atoms with Gasteiger partial charge in [0, 0.05) is 0 Å². The molecule has 2 N–H and O–H groups in total. The van der Waals surface area contributed by atoms with Crippen LogP contribution in [-0.4, -0.2) is 13.2 Å². The van der Waals surface area contributed by atoms with Crippen molar-refractivity contribution in [2.75, 3.05) is 13.2 Å². The summed E-state index contributed by atoms with van der Waals surface area (Å²) in [5.41, 5.74) is 5.85. The van der Waals surface area contributed by atoms with Crippen molar-refractivity contribution < 1.29 is 9.13 Å². The molecule has 4 heteroatoms. The summed E-state index contributed by atoms with van der Waals surface area (Å²) >= 11 is 5.86. The molecule has 0 aliphatic carbocycles. The van der Waals surface area contributed by atoms with Crippen LogP contribution in [0.5, 0.6) is 5.75 Å². The smallest absolute Gasteiger partial charge is 0.138 e. The van der Waals surface area contributed by atoms with E-state index in [-0.39, 0.29) is 11.2 Å². The summed E-state index contributed by atoms with van der Waals surface area (Å²) in [5.74, 6) is 0.188. The average molecular weight is 274 g/mol. The SMILES string of the molecule is CC(C)(CN)CCCCOc1ccc(F)cc1Cl. The second-order valence-electron chi connectivity index (χ2n) is 5.25. The van der Waals surface area contributed by atoms with Gasteiger partial charge in [-0.15, -0.1) is 0 Å². The first kappa shape index (κ1) is 15.3. The zero-order valence-electron chi connectivity index (χ0n) is 11.0. The van der Waals surface area contributed by atoms with Gasteiger partial charge in [0.1, 0.15) is 11.6 Å². The van der Waals surface area contributed by atoms with Crippen molar-refractivity contribution in [1.82, 2.24) is 0 Å². The third-order valence-electron chi connectivity index (χ3n) is 2.95. The van der Waals surface area contributed by atoms with Crippen LogP contribution < -0.4 is 10.5 Å². The van der Waals surface area contributed by atoms with Crippen LogP contribution in [0, 0.1) is 11.2 Å². The van der Waals surface area contributed by atoms with Gasteiger partial charge in [-0.1, -0.05) is 25.4 Å². The summed E-state index contributed by atoms with van der Waals surface area (Å²) in [7, 11) is 0. The Bertz CT molecular complexity index is 382. The molecule has 0 atom stereocenters. The summed E-state index contributed by atoms with van der Waals surface area (Å²) in [4.78, 5) is 0. The maximum Gasteiger partial charge on any atom is 0.138 e. The lowest BCUT2D eigenvalue weighted by Gasteiger charge is -2.21. The zero-order valence-corrected chi connectivity index (χ0v) is 11.8. The number of hydrogen-bond acceptors (Lipinski definition) is 2. The van der Waals surface area contributed by atoms with Crippen LogP contribution in [0.2, 0.25) is 5.02 Å². The van der Waals surface area contributed by atoms with Crippen molar-refractivity contribution in [3.05, 3.63) is 29.0 Å². The molecule has 0 fully saturated rings. The Hall–Kier alpha value is -0.800. The minimum Gasteiger partial charge on any atom is -0.492 e. The van der Waals surface area contributed by atoms with Crippen LogP contribution in [0.1, 0.15) is 33.1 Å². The minimum atomic E-state index is -0.350. The highest BCUT2D eigenvalue weighted by molar-refractivity contribution is 6.32. The van der Waals surface area contributed by atoms with Gasteiger partial charge < -0.3 is 10.5 Å². The third kappa shape index (κ3) is 5.23. The Kier molecular flexibility index (Phi) is 5.89. The number of unbranched alkanes of at least 4 members (excludes halogenated alkanes) is 1. The first-order chi connectivity index (χ1) is 8.44. The molecule has 0 heterocycles. The number of ether oxygens (including phenoxy) is 1. The highest BCUT2D eigenvalue weighted by Crippen LogP contribution is 2.25. The fourth-order valence-corrected chi connectivity index (χ4v) is 1.80. The van der Waals surface area contributed by atoms with Gasteiger partial charge in [0.05, 0.1) is 11.6 Å². The van der Waals surface area contributed by atoms with E-state index in [9.17, 15) is 4.39 Å². The van der Waals surface area contributed by atoms with Crippen molar-refractivity contribution in [2.24, 2.45) is 11.1 Å². The van der Waals surface area contributed by atoms with Gasteiger partial charge in [0.25, 0.3) is 0 Å². The molecule has 0 aromatic heterocycles. The predicted molar refractivity (Wildman–Crippen MR) is 73.6 cm³/mol. The van der Waals surface area contributed by atoms with E-state index in [2.05, 4.69) is 13.8 Å². The standard InChI is InChI=1S/C14H21ClFNO/c1-14(2,10-17)7-3-4-8-18-13-6-5-11(16)9-12(13)15/h5-6,9H,3-4,7-8,10,17H2,1-2H3. The van der Waals surface area contributed by atoms with Crippen LogP contribution in [0.15, 0.2) is 18.2 Å². The molecule has 0 unspecified atom stereocenters. The van der Waals surface area contributed by atoms with Crippen molar-refractivity contribution in [2.45, 2.75) is 33.1 Å². The average Bonchev–Trinajstić information content (AvgIpc) is 2.31. The monoisotopic (exact) mass is 273 g/mol. The van der Waals surface area contributed by atoms with E-state index in [0.29, 0.717) is 23.9 Å². The summed E-state index contributed by atoms with van der Waals surface area (Å²) in [6.45, 7) is 5.60. The molecule has 0 amide bonds. The first-order valence-electron chi connectivity index (χ1n) is 6.22. The van der Waals surface area contributed by atoms with Crippen LogP contribution in [0.4, 0.5) is 4.39 Å². The molecule has 1 aromatic rings. The maximum absolute atomic E-state index is 12.8. The minimum absolute atomic E-state index is 0.188. The van der Waals surface area contributed by atoms with E-state index >= 15 is 0 Å². The van der Waals surface area contributed by atoms with Crippen molar-refractivity contribution in [3.8, 4) is 5.75 Å². The van der Waals surface area contributed by atoms with E-state index in [1.54, 1.807) is 6.07 Å². The molecule has 2 nitrogen and oxygen atoms in total. The highest BCUT2D eigenvalue weighted by Gasteiger charge is 2.14. The summed E-state index contributed by atoms with van der Waals surface area (Å²) in [6.07, 6.45) is 3.07. The number of nitrogens with two attached hydrogens (primary N) is 1. The largest absolute Gasteiger partial charge is 0.492 e. The molecule has 0 saturated heterocycles. The van der Waals surface area contributed by atoms with Crippen molar-refractivity contribution in [3.63, 3.8) is 0 Å². The second kappa shape index (κ2) is 6.95. The highest BCUT2D eigenvalue weighted by atomic mass is 35.5. The lowest BCUT2D eigenvalue weighted by atomic mass is 9.87. The Balaban J connectivity index is 2.26. The van der Waals surface area contributed by atoms with E-state index in [1.807, 2.05) is 0 Å². The molecule has 0 bridgehead atoms. The number of hydrogen-bond donors (Lipinski definition) is 1. The molecule has 0 spiro atoms. The normalized spacial score (nSPS) is 11.6. The predicted octanol–water partition coefficient (Wildman–Crippen LogP) is 4.01. The Morgan fingerprint density at radius 2 is 2.06 bits per heavy atom. The maximum atomic E-state index is 12.8. The fourth-order valence-electron chi connectivity index (χ4n) is 1.58. The third-order valence-corrected chi connectivity index (χ3v) is 3.25. The van der Waals surface area contributed by atoms with Gasteiger partial charge in [-0.2, -0.15) is 0 Å². The van der Waals surface area contributed by atoms with Crippen molar-refractivity contribution >= 4 is 11.6 Å². The molecule has 1 aromatic carbocycles. The first-order valence-corrected chi connectivity index (χ1v) is 6.60. The molecule has 1 rings (SSSR count). The van der Waals surface area contributed by atoms with Crippen molar-refractivity contribution in [1.29, 1.82) is 0 Å². The van der Waals surface area contributed by atoms with E-state index in [1.165, 1.54) is 12.1 Å². The summed E-state index contributed by atoms with van der Waals surface area (Å²) in [5, 5.41) is 0.317. The molecular formula is C14H21ClFNO. The van der Waals surface area contributed by atoms with E-state index in [4.69, 9.17) is 22.1 Å². The van der Waals surface area contributed by atoms with Crippen LogP contribution in [0.25, 0.3) is 0 Å². The Labute approximate surface area is 113 Å². The lowest BCUT2D eigenvalue weighted by Crippen LogP contribution is -2.23. The number of halogens is 2. The molecule has 0 aliphatic rings. The molecule has 0 saturated carbocycles. The Morgan fingerprint density at radius 3 is 2.67 bits per heavy atom. The lowest BCUT2D eigenvalue weighted by molar-refractivity contribution is 0.278. The molecule has 18 heavy (non-hydrogen) atoms. The van der Waals surface area contributed by atoms with E-state index < -0.39 is 0 Å². The number of rotatable bonds is 7.